The number of nitrogens with zero attached hydrogens (tertiary/aromatic N) is 1. The fourth-order valence-corrected chi connectivity index (χ4v) is 1.89. The van der Waals surface area contributed by atoms with E-state index in [1.54, 1.807) is 0 Å². The monoisotopic (exact) mass is 266 g/mol. The molecule has 1 unspecified atom stereocenters. The Kier molecular flexibility index (Phi) is 2.86. The van der Waals surface area contributed by atoms with Crippen molar-refractivity contribution in [2.75, 3.05) is 0 Å². The predicted molar refractivity (Wildman–Crippen MR) is 62.6 cm³/mol. The van der Waals surface area contributed by atoms with Gasteiger partial charge in [-0.15, -0.1) is 0 Å². The van der Waals surface area contributed by atoms with Crippen molar-refractivity contribution >= 4 is 27.5 Å². The molecule has 0 bridgehead atoms. The van der Waals surface area contributed by atoms with Crippen LogP contribution < -0.4 is 5.43 Å². The third-order valence-corrected chi connectivity index (χ3v) is 2.93. The summed E-state index contributed by atoms with van der Waals surface area (Å²) < 4.78 is 1.04. The summed E-state index contributed by atoms with van der Waals surface area (Å²) in [6.07, 6.45) is 0.509. The highest BCUT2D eigenvalue weighted by molar-refractivity contribution is 9.10. The minimum absolute atomic E-state index is 0.0108. The summed E-state index contributed by atoms with van der Waals surface area (Å²) in [5.41, 5.74) is 4.52. The van der Waals surface area contributed by atoms with Gasteiger partial charge in [0.15, 0.2) is 0 Å². The van der Waals surface area contributed by atoms with E-state index in [0.29, 0.717) is 6.42 Å². The molecule has 0 saturated carbocycles. The minimum Gasteiger partial charge on any atom is -0.273 e. The third kappa shape index (κ3) is 2.26. The van der Waals surface area contributed by atoms with Crippen molar-refractivity contribution in [3.05, 3.63) is 34.3 Å². The molecule has 0 spiro atoms. The van der Waals surface area contributed by atoms with Crippen molar-refractivity contribution in [3.8, 4) is 0 Å². The molecule has 1 heterocycles. The minimum atomic E-state index is -0.0108. The van der Waals surface area contributed by atoms with Crippen LogP contribution in [0.2, 0.25) is 0 Å². The molecule has 4 heteroatoms. The first kappa shape index (κ1) is 10.4. The van der Waals surface area contributed by atoms with E-state index in [1.165, 1.54) is 0 Å². The Morgan fingerprint density at radius 2 is 2.07 bits per heavy atom. The lowest BCUT2D eigenvalue weighted by Gasteiger charge is -2.18. The van der Waals surface area contributed by atoms with Gasteiger partial charge in [-0.25, -0.2) is 5.43 Å². The van der Waals surface area contributed by atoms with Gasteiger partial charge in [0, 0.05) is 16.8 Å². The molecule has 2 rings (SSSR count). The van der Waals surface area contributed by atoms with Crippen LogP contribution in [0.5, 0.6) is 0 Å². The summed E-state index contributed by atoms with van der Waals surface area (Å²) in [4.78, 5) is 11.1. The first-order valence-corrected chi connectivity index (χ1v) is 5.58. The van der Waals surface area contributed by atoms with Crippen LogP contribution in [0.4, 0.5) is 0 Å². The first-order chi connectivity index (χ1) is 7.16. The second-order valence-corrected chi connectivity index (χ2v) is 4.56. The fraction of sp³-hybridized carbons (Fsp3) is 0.273. The van der Waals surface area contributed by atoms with E-state index in [4.69, 9.17) is 0 Å². The van der Waals surface area contributed by atoms with Crippen LogP contribution >= 0.6 is 15.9 Å². The van der Waals surface area contributed by atoms with Gasteiger partial charge >= 0.3 is 0 Å². The van der Waals surface area contributed by atoms with E-state index in [1.807, 2.05) is 31.2 Å². The molecule has 78 valence electrons. The number of hydrazone groups is 1. The van der Waals surface area contributed by atoms with Gasteiger partial charge in [0.25, 0.3) is 0 Å². The molecule has 15 heavy (non-hydrogen) atoms. The number of carbonyl (C=O) groups excluding carboxylic acids is 1. The quantitative estimate of drug-likeness (QED) is 0.833. The molecule has 3 nitrogen and oxygen atoms in total. The van der Waals surface area contributed by atoms with E-state index < -0.39 is 0 Å². The summed E-state index contributed by atoms with van der Waals surface area (Å²) in [5, 5.41) is 4.09. The van der Waals surface area contributed by atoms with Gasteiger partial charge in [-0.1, -0.05) is 35.0 Å². The second-order valence-electron chi connectivity index (χ2n) is 3.64. The number of hydrogen-bond donors (Lipinski definition) is 1. The zero-order valence-corrected chi connectivity index (χ0v) is 9.91. The molecule has 0 aliphatic carbocycles. The predicted octanol–water partition coefficient (Wildman–Crippen LogP) is 2.31. The van der Waals surface area contributed by atoms with Crippen molar-refractivity contribution in [2.24, 2.45) is 11.0 Å². The molecular formula is C11H11BrN2O. The van der Waals surface area contributed by atoms with Crippen molar-refractivity contribution in [2.45, 2.75) is 13.3 Å². The van der Waals surface area contributed by atoms with E-state index in [0.717, 1.165) is 15.7 Å². The van der Waals surface area contributed by atoms with Crippen molar-refractivity contribution < 1.29 is 4.79 Å². The molecule has 1 aliphatic rings. The normalized spacial score (nSPS) is 20.8. The highest BCUT2D eigenvalue weighted by Gasteiger charge is 2.21. The van der Waals surface area contributed by atoms with E-state index in [-0.39, 0.29) is 11.8 Å². The smallest absolute Gasteiger partial charge is 0.240 e. The zero-order valence-electron chi connectivity index (χ0n) is 8.33. The summed E-state index contributed by atoms with van der Waals surface area (Å²) in [6, 6.07) is 7.94. The van der Waals surface area contributed by atoms with Crippen LogP contribution in [0.3, 0.4) is 0 Å². The highest BCUT2D eigenvalue weighted by Crippen LogP contribution is 2.18. The Balaban J connectivity index is 2.31. The topological polar surface area (TPSA) is 41.5 Å². The van der Waals surface area contributed by atoms with Gasteiger partial charge in [0.2, 0.25) is 5.91 Å². The molecule has 1 aromatic carbocycles. The maximum atomic E-state index is 11.1. The molecule has 1 aromatic rings. The fourth-order valence-electron chi connectivity index (χ4n) is 1.62. The van der Waals surface area contributed by atoms with Gasteiger partial charge in [-0.3, -0.25) is 4.79 Å². The summed E-state index contributed by atoms with van der Waals surface area (Å²) in [5.74, 6) is 0.170. The van der Waals surface area contributed by atoms with Crippen molar-refractivity contribution in [1.29, 1.82) is 0 Å². The van der Waals surface area contributed by atoms with Crippen LogP contribution in [-0.2, 0) is 4.79 Å². The van der Waals surface area contributed by atoms with Gasteiger partial charge in [-0.05, 0) is 17.7 Å². The molecular weight excluding hydrogens is 256 g/mol. The summed E-state index contributed by atoms with van der Waals surface area (Å²) in [6.45, 7) is 2.01. The summed E-state index contributed by atoms with van der Waals surface area (Å²) >= 11 is 3.38. The molecule has 0 saturated heterocycles. The molecule has 0 radical (unpaired) electrons. The maximum absolute atomic E-state index is 11.1. The molecule has 1 atom stereocenters. The largest absolute Gasteiger partial charge is 0.273 e. The standard InChI is InChI=1S/C11H11BrN2O/c1-7-6-10(15)13-14-11(7)8-2-4-9(12)5-3-8/h2-5,7H,6H2,1H3,(H,13,15). The number of rotatable bonds is 1. The lowest BCUT2D eigenvalue weighted by Crippen LogP contribution is -2.31. The number of carbonyl (C=O) groups is 1. The Hall–Kier alpha value is -1.16. The van der Waals surface area contributed by atoms with Gasteiger partial charge < -0.3 is 0 Å². The van der Waals surface area contributed by atoms with E-state index in [9.17, 15) is 4.79 Å². The van der Waals surface area contributed by atoms with Crippen LogP contribution in [0.1, 0.15) is 18.9 Å². The number of halogens is 1. The lowest BCUT2D eigenvalue weighted by molar-refractivity contribution is -0.121. The Morgan fingerprint density at radius 3 is 2.67 bits per heavy atom. The third-order valence-electron chi connectivity index (χ3n) is 2.40. The molecule has 0 fully saturated rings. The molecule has 1 N–H and O–H groups in total. The van der Waals surface area contributed by atoms with Gasteiger partial charge in [0.05, 0.1) is 5.71 Å². The highest BCUT2D eigenvalue weighted by atomic mass is 79.9. The van der Waals surface area contributed by atoms with E-state index in [2.05, 4.69) is 26.5 Å². The van der Waals surface area contributed by atoms with Crippen molar-refractivity contribution in [1.82, 2.24) is 5.43 Å². The maximum Gasteiger partial charge on any atom is 0.240 e. The second kappa shape index (κ2) is 4.14. The van der Waals surface area contributed by atoms with Crippen LogP contribution in [0.25, 0.3) is 0 Å². The zero-order chi connectivity index (χ0) is 10.8. The van der Waals surface area contributed by atoms with Crippen LogP contribution in [0.15, 0.2) is 33.8 Å². The SMILES string of the molecule is CC1CC(=O)NN=C1c1ccc(Br)cc1. The van der Waals surface area contributed by atoms with Gasteiger partial charge in [-0.2, -0.15) is 5.10 Å². The number of nitrogens with one attached hydrogen (secondary N) is 1. The molecule has 1 aliphatic heterocycles. The Morgan fingerprint density at radius 1 is 1.40 bits per heavy atom. The summed E-state index contributed by atoms with van der Waals surface area (Å²) in [7, 11) is 0. The Labute approximate surface area is 96.7 Å². The Bertz CT molecular complexity index is 411. The average molecular weight is 267 g/mol. The van der Waals surface area contributed by atoms with Crippen LogP contribution in [-0.4, -0.2) is 11.6 Å². The number of amides is 1. The molecule has 0 aromatic heterocycles. The molecule has 1 amide bonds. The number of hydrogen-bond acceptors (Lipinski definition) is 2. The van der Waals surface area contributed by atoms with E-state index >= 15 is 0 Å². The van der Waals surface area contributed by atoms with Gasteiger partial charge in [0.1, 0.15) is 0 Å². The first-order valence-electron chi connectivity index (χ1n) is 4.79. The average Bonchev–Trinajstić information content (AvgIpc) is 2.20. The van der Waals surface area contributed by atoms with Crippen LogP contribution in [0, 0.1) is 5.92 Å². The van der Waals surface area contributed by atoms with Crippen molar-refractivity contribution in [3.63, 3.8) is 0 Å². The number of benzene rings is 1. The lowest BCUT2D eigenvalue weighted by atomic mass is 9.94.